The fourth-order valence-corrected chi connectivity index (χ4v) is 1.12. The van der Waals surface area contributed by atoms with Gasteiger partial charge in [0, 0.05) is 13.5 Å². The Bertz CT molecular complexity index is 273. The molecular weight excluding hydrogens is 182 g/mol. The minimum absolute atomic E-state index is 0.326. The second kappa shape index (κ2) is 5.07. The van der Waals surface area contributed by atoms with Crippen molar-refractivity contribution in [2.45, 2.75) is 26.3 Å². The van der Waals surface area contributed by atoms with E-state index in [-0.39, 0.29) is 6.04 Å². The minimum Gasteiger partial charge on any atom is -0.383 e. The van der Waals surface area contributed by atoms with Crippen LogP contribution in [0.5, 0.6) is 0 Å². The summed E-state index contributed by atoms with van der Waals surface area (Å²) in [6.45, 7) is 4.60. The third kappa shape index (κ3) is 3.08. The van der Waals surface area contributed by atoms with E-state index >= 15 is 0 Å². The molecule has 14 heavy (non-hydrogen) atoms. The predicted molar refractivity (Wildman–Crippen MR) is 51.6 cm³/mol. The van der Waals surface area contributed by atoms with Crippen molar-refractivity contribution < 1.29 is 9.26 Å². The molecule has 80 valence electrons. The SMILES string of the molecule is COCC(N)c1nc(CC(C)C)no1. The molecule has 0 aliphatic heterocycles. The third-order valence-corrected chi connectivity index (χ3v) is 1.74. The summed E-state index contributed by atoms with van der Waals surface area (Å²) in [7, 11) is 1.59. The molecule has 0 radical (unpaired) electrons. The highest BCUT2D eigenvalue weighted by molar-refractivity contribution is 4.92. The first-order chi connectivity index (χ1) is 6.63. The molecule has 1 atom stereocenters. The van der Waals surface area contributed by atoms with Crippen LogP contribution < -0.4 is 5.73 Å². The lowest BCUT2D eigenvalue weighted by atomic mass is 10.1. The van der Waals surface area contributed by atoms with Gasteiger partial charge in [-0.15, -0.1) is 0 Å². The zero-order chi connectivity index (χ0) is 10.6. The van der Waals surface area contributed by atoms with Crippen LogP contribution in [0.1, 0.15) is 31.6 Å². The number of aromatic nitrogens is 2. The highest BCUT2D eigenvalue weighted by Crippen LogP contribution is 2.10. The van der Waals surface area contributed by atoms with Gasteiger partial charge in [0.05, 0.1) is 6.61 Å². The van der Waals surface area contributed by atoms with Gasteiger partial charge in [-0.05, 0) is 5.92 Å². The van der Waals surface area contributed by atoms with Gasteiger partial charge in [-0.25, -0.2) is 0 Å². The molecule has 0 aliphatic rings. The van der Waals surface area contributed by atoms with Gasteiger partial charge in [0.15, 0.2) is 5.82 Å². The van der Waals surface area contributed by atoms with Crippen LogP contribution in [0, 0.1) is 5.92 Å². The zero-order valence-corrected chi connectivity index (χ0v) is 8.86. The molecule has 0 fully saturated rings. The maximum atomic E-state index is 5.73. The number of ether oxygens (including phenoxy) is 1. The van der Waals surface area contributed by atoms with Crippen LogP contribution in [-0.2, 0) is 11.2 Å². The van der Waals surface area contributed by atoms with Gasteiger partial charge >= 0.3 is 0 Å². The summed E-state index contributed by atoms with van der Waals surface area (Å²) in [5, 5.41) is 3.84. The highest BCUT2D eigenvalue weighted by atomic mass is 16.5. The van der Waals surface area contributed by atoms with Gasteiger partial charge in [0.25, 0.3) is 0 Å². The molecule has 5 heteroatoms. The van der Waals surface area contributed by atoms with Gasteiger partial charge < -0.3 is 15.0 Å². The van der Waals surface area contributed by atoms with Crippen LogP contribution in [0.25, 0.3) is 0 Å². The molecule has 1 aromatic heterocycles. The van der Waals surface area contributed by atoms with Crippen molar-refractivity contribution in [3.63, 3.8) is 0 Å². The minimum atomic E-state index is -0.326. The van der Waals surface area contributed by atoms with Crippen LogP contribution in [0.2, 0.25) is 0 Å². The molecule has 0 aromatic carbocycles. The number of hydrogen-bond donors (Lipinski definition) is 1. The van der Waals surface area contributed by atoms with Crippen LogP contribution in [-0.4, -0.2) is 23.9 Å². The summed E-state index contributed by atoms with van der Waals surface area (Å²) in [6.07, 6.45) is 0.809. The van der Waals surface area contributed by atoms with E-state index < -0.39 is 0 Å². The first-order valence-corrected chi connectivity index (χ1v) is 4.70. The number of hydrogen-bond acceptors (Lipinski definition) is 5. The van der Waals surface area contributed by atoms with Crippen LogP contribution >= 0.6 is 0 Å². The van der Waals surface area contributed by atoms with Gasteiger partial charge in [-0.1, -0.05) is 19.0 Å². The lowest BCUT2D eigenvalue weighted by Crippen LogP contribution is -2.16. The number of nitrogens with two attached hydrogens (primary N) is 1. The van der Waals surface area contributed by atoms with Crippen LogP contribution in [0.3, 0.4) is 0 Å². The first kappa shape index (κ1) is 11.1. The molecule has 0 amide bonds. The Balaban J connectivity index is 2.58. The van der Waals surface area contributed by atoms with E-state index in [2.05, 4.69) is 24.0 Å². The largest absolute Gasteiger partial charge is 0.383 e. The van der Waals surface area contributed by atoms with Crippen molar-refractivity contribution in [3.8, 4) is 0 Å². The monoisotopic (exact) mass is 199 g/mol. The maximum absolute atomic E-state index is 5.73. The Hall–Kier alpha value is -0.940. The van der Waals surface area contributed by atoms with Crippen molar-refractivity contribution in [3.05, 3.63) is 11.7 Å². The quantitative estimate of drug-likeness (QED) is 0.763. The van der Waals surface area contributed by atoms with Crippen molar-refractivity contribution in [2.75, 3.05) is 13.7 Å². The Morgan fingerprint density at radius 2 is 2.21 bits per heavy atom. The standard InChI is InChI=1S/C9H17N3O2/c1-6(2)4-8-11-9(14-12-8)7(10)5-13-3/h6-7H,4-5,10H2,1-3H3. The predicted octanol–water partition coefficient (Wildman–Crippen LogP) is 0.914. The van der Waals surface area contributed by atoms with Gasteiger partial charge in [0.2, 0.25) is 5.89 Å². The molecule has 0 bridgehead atoms. The second-order valence-corrected chi connectivity index (χ2v) is 3.71. The van der Waals surface area contributed by atoms with Crippen molar-refractivity contribution in [1.82, 2.24) is 10.1 Å². The summed E-state index contributed by atoms with van der Waals surface area (Å²) in [5.41, 5.74) is 5.73. The van der Waals surface area contributed by atoms with E-state index in [1.807, 2.05) is 0 Å². The Morgan fingerprint density at radius 1 is 1.50 bits per heavy atom. The lowest BCUT2D eigenvalue weighted by molar-refractivity contribution is 0.166. The van der Waals surface area contributed by atoms with E-state index in [1.54, 1.807) is 7.11 Å². The molecule has 0 saturated carbocycles. The number of nitrogens with zero attached hydrogens (tertiary/aromatic N) is 2. The summed E-state index contributed by atoms with van der Waals surface area (Å²) < 4.78 is 9.91. The van der Waals surface area contributed by atoms with Crippen molar-refractivity contribution >= 4 is 0 Å². The molecule has 1 unspecified atom stereocenters. The maximum Gasteiger partial charge on any atom is 0.245 e. The normalized spacial score (nSPS) is 13.5. The summed E-state index contributed by atoms with van der Waals surface area (Å²) >= 11 is 0. The smallest absolute Gasteiger partial charge is 0.245 e. The number of methoxy groups -OCH3 is 1. The molecule has 1 heterocycles. The van der Waals surface area contributed by atoms with E-state index in [0.29, 0.717) is 24.2 Å². The van der Waals surface area contributed by atoms with E-state index in [0.717, 1.165) is 6.42 Å². The zero-order valence-electron chi connectivity index (χ0n) is 8.86. The van der Waals surface area contributed by atoms with Crippen LogP contribution in [0.4, 0.5) is 0 Å². The molecule has 1 rings (SSSR count). The molecule has 5 nitrogen and oxygen atoms in total. The van der Waals surface area contributed by atoms with Crippen LogP contribution in [0.15, 0.2) is 4.52 Å². The third-order valence-electron chi connectivity index (χ3n) is 1.74. The Kier molecular flexibility index (Phi) is 4.03. The van der Waals surface area contributed by atoms with Gasteiger partial charge in [0.1, 0.15) is 6.04 Å². The molecule has 0 saturated heterocycles. The summed E-state index contributed by atoms with van der Waals surface area (Å²) in [5.74, 6) is 1.67. The average Bonchev–Trinajstić information content (AvgIpc) is 2.52. The second-order valence-electron chi connectivity index (χ2n) is 3.71. The first-order valence-electron chi connectivity index (χ1n) is 4.70. The lowest BCUT2D eigenvalue weighted by Gasteiger charge is -2.03. The highest BCUT2D eigenvalue weighted by Gasteiger charge is 2.14. The molecule has 0 spiro atoms. The Labute approximate surface area is 83.6 Å². The molecule has 2 N–H and O–H groups in total. The molecule has 0 aliphatic carbocycles. The van der Waals surface area contributed by atoms with Gasteiger partial charge in [-0.2, -0.15) is 4.98 Å². The summed E-state index contributed by atoms with van der Waals surface area (Å²) in [6, 6.07) is -0.326. The van der Waals surface area contributed by atoms with E-state index in [4.69, 9.17) is 15.0 Å². The molecular formula is C9H17N3O2. The average molecular weight is 199 g/mol. The Morgan fingerprint density at radius 3 is 2.79 bits per heavy atom. The topological polar surface area (TPSA) is 74.2 Å². The number of rotatable bonds is 5. The van der Waals surface area contributed by atoms with E-state index in [1.165, 1.54) is 0 Å². The van der Waals surface area contributed by atoms with Crippen molar-refractivity contribution in [1.29, 1.82) is 0 Å². The molecule has 1 aromatic rings. The fraction of sp³-hybridized carbons (Fsp3) is 0.778. The van der Waals surface area contributed by atoms with E-state index in [9.17, 15) is 0 Å². The summed E-state index contributed by atoms with van der Waals surface area (Å²) in [4.78, 5) is 4.19. The van der Waals surface area contributed by atoms with Gasteiger partial charge in [-0.3, -0.25) is 0 Å². The fourth-order valence-electron chi connectivity index (χ4n) is 1.12. The van der Waals surface area contributed by atoms with Crippen molar-refractivity contribution in [2.24, 2.45) is 11.7 Å².